The quantitative estimate of drug-likeness (QED) is 0.916. The van der Waals surface area contributed by atoms with E-state index >= 15 is 0 Å². The molecule has 0 saturated carbocycles. The summed E-state index contributed by atoms with van der Waals surface area (Å²) in [5, 5.41) is 4.19. The van der Waals surface area contributed by atoms with Crippen LogP contribution in [-0.4, -0.2) is 24.0 Å². The van der Waals surface area contributed by atoms with Crippen molar-refractivity contribution in [1.29, 1.82) is 0 Å². The number of ether oxygens (including phenoxy) is 1. The highest BCUT2D eigenvalue weighted by molar-refractivity contribution is 6.35. The molecule has 23 heavy (non-hydrogen) atoms. The highest BCUT2D eigenvalue weighted by atomic mass is 35.5. The van der Waals surface area contributed by atoms with E-state index in [1.807, 2.05) is 18.2 Å². The van der Waals surface area contributed by atoms with Crippen molar-refractivity contribution < 1.29 is 9.53 Å². The van der Waals surface area contributed by atoms with Gasteiger partial charge in [0.2, 0.25) is 11.8 Å². The molecule has 0 saturated heterocycles. The summed E-state index contributed by atoms with van der Waals surface area (Å²) in [6, 6.07) is 9.10. The Morgan fingerprint density at radius 2 is 2.22 bits per heavy atom. The van der Waals surface area contributed by atoms with Crippen molar-refractivity contribution in [1.82, 2.24) is 10.3 Å². The molecule has 2 heterocycles. The second-order valence-corrected chi connectivity index (χ2v) is 6.21. The topological polar surface area (TPSA) is 51.2 Å². The molecule has 0 spiro atoms. The summed E-state index contributed by atoms with van der Waals surface area (Å²) in [7, 11) is 0. The van der Waals surface area contributed by atoms with Gasteiger partial charge < -0.3 is 10.1 Å². The Morgan fingerprint density at radius 3 is 3.04 bits per heavy atom. The van der Waals surface area contributed by atoms with E-state index in [4.69, 9.17) is 27.9 Å². The maximum atomic E-state index is 12.4. The van der Waals surface area contributed by atoms with Gasteiger partial charge in [-0.25, -0.2) is 4.98 Å². The van der Waals surface area contributed by atoms with Crippen LogP contribution in [0.3, 0.4) is 0 Å². The Bertz CT molecular complexity index is 721. The molecule has 1 aromatic heterocycles. The Morgan fingerprint density at radius 1 is 1.35 bits per heavy atom. The van der Waals surface area contributed by atoms with Crippen LogP contribution in [0.4, 0.5) is 0 Å². The first-order valence-corrected chi connectivity index (χ1v) is 8.20. The first-order chi connectivity index (χ1) is 11.1. The van der Waals surface area contributed by atoms with Crippen LogP contribution in [0.2, 0.25) is 10.0 Å². The molecule has 1 amide bonds. The fraction of sp³-hybridized carbons (Fsp3) is 0.294. The van der Waals surface area contributed by atoms with Crippen LogP contribution >= 0.6 is 23.2 Å². The number of hydrogen-bond acceptors (Lipinski definition) is 3. The summed E-state index contributed by atoms with van der Waals surface area (Å²) >= 11 is 12.0. The molecule has 0 radical (unpaired) electrons. The van der Waals surface area contributed by atoms with Crippen molar-refractivity contribution in [3.63, 3.8) is 0 Å². The summed E-state index contributed by atoms with van der Waals surface area (Å²) in [5.41, 5.74) is 1.81. The van der Waals surface area contributed by atoms with Gasteiger partial charge >= 0.3 is 0 Å². The van der Waals surface area contributed by atoms with Crippen molar-refractivity contribution in [3.05, 3.63) is 57.7 Å². The molecule has 0 bridgehead atoms. The maximum Gasteiger partial charge on any atom is 0.227 e. The molecule has 1 aliphatic rings. The minimum atomic E-state index is -0.215. The average Bonchev–Trinajstić information content (AvgIpc) is 2.56. The van der Waals surface area contributed by atoms with Crippen LogP contribution in [0, 0.1) is 0 Å². The van der Waals surface area contributed by atoms with Gasteiger partial charge in [-0.15, -0.1) is 0 Å². The zero-order valence-electron chi connectivity index (χ0n) is 12.4. The van der Waals surface area contributed by atoms with Crippen LogP contribution in [-0.2, 0) is 11.2 Å². The van der Waals surface area contributed by atoms with Crippen LogP contribution in [0.25, 0.3) is 0 Å². The van der Waals surface area contributed by atoms with Crippen molar-refractivity contribution >= 4 is 29.1 Å². The fourth-order valence-electron chi connectivity index (χ4n) is 2.66. The summed E-state index contributed by atoms with van der Waals surface area (Å²) in [6.07, 6.45) is 2.98. The Hall–Kier alpha value is -1.78. The third kappa shape index (κ3) is 3.77. The van der Waals surface area contributed by atoms with Crippen molar-refractivity contribution in [3.8, 4) is 5.88 Å². The van der Waals surface area contributed by atoms with Crippen molar-refractivity contribution in [2.75, 3.05) is 13.2 Å². The molecule has 1 N–H and O–H groups in total. The average molecular weight is 351 g/mol. The molecule has 0 aliphatic carbocycles. The number of halogens is 2. The highest BCUT2D eigenvalue weighted by Crippen LogP contribution is 2.31. The summed E-state index contributed by atoms with van der Waals surface area (Å²) < 4.78 is 5.48. The molecule has 1 atom stereocenters. The fourth-order valence-corrected chi connectivity index (χ4v) is 3.16. The molecule has 120 valence electrons. The van der Waals surface area contributed by atoms with E-state index in [0.29, 0.717) is 41.9 Å². The van der Waals surface area contributed by atoms with Crippen LogP contribution in [0.1, 0.15) is 23.5 Å². The zero-order chi connectivity index (χ0) is 16.2. The van der Waals surface area contributed by atoms with Gasteiger partial charge in [0, 0.05) is 28.4 Å². The lowest BCUT2D eigenvalue weighted by atomic mass is 9.94. The number of rotatable bonds is 4. The van der Waals surface area contributed by atoms with Crippen molar-refractivity contribution in [2.45, 2.75) is 18.8 Å². The minimum Gasteiger partial charge on any atom is -0.477 e. The lowest BCUT2D eigenvalue weighted by Crippen LogP contribution is -2.33. The molecule has 4 nitrogen and oxygen atoms in total. The number of nitrogens with one attached hydrogen (secondary N) is 1. The molecule has 1 unspecified atom stereocenters. The van der Waals surface area contributed by atoms with Crippen LogP contribution in [0.5, 0.6) is 5.88 Å². The number of hydrogen-bond donors (Lipinski definition) is 1. The smallest absolute Gasteiger partial charge is 0.227 e. The molecular weight excluding hydrogens is 335 g/mol. The highest BCUT2D eigenvalue weighted by Gasteiger charge is 2.28. The maximum absolute atomic E-state index is 12.4. The molecular formula is C17H16Cl2N2O2. The predicted octanol–water partition coefficient (Wildman–Crippen LogP) is 3.61. The lowest BCUT2D eigenvalue weighted by molar-refractivity contribution is -0.123. The number of carbonyl (C=O) groups is 1. The monoisotopic (exact) mass is 350 g/mol. The molecule has 0 fully saturated rings. The lowest BCUT2D eigenvalue weighted by Gasteiger charge is -2.24. The Labute approximate surface area is 144 Å². The second-order valence-electron chi connectivity index (χ2n) is 5.36. The minimum absolute atomic E-state index is 0.00682. The first-order valence-electron chi connectivity index (χ1n) is 7.44. The largest absolute Gasteiger partial charge is 0.477 e. The molecule has 1 aliphatic heterocycles. The molecule has 1 aromatic carbocycles. The van der Waals surface area contributed by atoms with Crippen LogP contribution < -0.4 is 10.1 Å². The molecule has 3 rings (SSSR count). The molecule has 6 heteroatoms. The van der Waals surface area contributed by atoms with E-state index < -0.39 is 0 Å². The normalized spacial score (nSPS) is 16.3. The van der Waals surface area contributed by atoms with Crippen LogP contribution in [0.15, 0.2) is 36.5 Å². The standard InChI is InChI=1S/C17H16Cl2N2O2/c18-12-4-3-11(15(19)10-12)5-8-20-16(22)13-6-9-23-17-14(13)2-1-7-21-17/h1-4,7,10,13H,5-6,8-9H2,(H,20,22). The number of pyridine rings is 1. The van der Waals surface area contributed by atoms with Gasteiger partial charge in [-0.3, -0.25) is 4.79 Å². The van der Waals surface area contributed by atoms with Gasteiger partial charge in [0.1, 0.15) is 0 Å². The third-order valence-corrected chi connectivity index (χ3v) is 4.43. The Kier molecular flexibility index (Phi) is 5.03. The number of benzene rings is 1. The van der Waals surface area contributed by atoms with Gasteiger partial charge in [-0.1, -0.05) is 35.3 Å². The predicted molar refractivity (Wildman–Crippen MR) is 90.3 cm³/mol. The van der Waals surface area contributed by atoms with Gasteiger partial charge in [0.05, 0.1) is 12.5 Å². The number of amides is 1. The zero-order valence-corrected chi connectivity index (χ0v) is 13.9. The second kappa shape index (κ2) is 7.20. The SMILES string of the molecule is O=C(NCCc1ccc(Cl)cc1Cl)C1CCOc2ncccc21. The Balaban J connectivity index is 1.60. The third-order valence-electron chi connectivity index (χ3n) is 3.85. The summed E-state index contributed by atoms with van der Waals surface area (Å²) in [5.74, 6) is 0.334. The van der Waals surface area contributed by atoms with E-state index in [1.165, 1.54) is 0 Å². The van der Waals surface area contributed by atoms with Gasteiger partial charge in [0.15, 0.2) is 0 Å². The van der Waals surface area contributed by atoms with Crippen molar-refractivity contribution in [2.24, 2.45) is 0 Å². The number of fused-ring (bicyclic) bond motifs is 1. The molecule has 2 aromatic rings. The number of aromatic nitrogens is 1. The van der Waals surface area contributed by atoms with Gasteiger partial charge in [-0.2, -0.15) is 0 Å². The summed E-state index contributed by atoms with van der Waals surface area (Å²) in [4.78, 5) is 16.6. The first kappa shape index (κ1) is 16.1. The number of nitrogens with zero attached hydrogens (tertiary/aromatic N) is 1. The summed E-state index contributed by atoms with van der Waals surface area (Å²) in [6.45, 7) is 1.03. The van der Waals surface area contributed by atoms with E-state index in [9.17, 15) is 4.79 Å². The van der Waals surface area contributed by atoms with Gasteiger partial charge in [-0.05, 0) is 36.6 Å². The van der Waals surface area contributed by atoms with E-state index in [-0.39, 0.29) is 11.8 Å². The van der Waals surface area contributed by atoms with Gasteiger partial charge in [0.25, 0.3) is 0 Å². The van der Waals surface area contributed by atoms with E-state index in [1.54, 1.807) is 18.3 Å². The van der Waals surface area contributed by atoms with E-state index in [0.717, 1.165) is 11.1 Å². The van der Waals surface area contributed by atoms with E-state index in [2.05, 4.69) is 10.3 Å². The number of carbonyl (C=O) groups excluding carboxylic acids is 1.